The van der Waals surface area contributed by atoms with Gasteiger partial charge in [0.05, 0.1) is 0 Å². The van der Waals surface area contributed by atoms with Crippen molar-refractivity contribution in [1.82, 2.24) is 4.90 Å². The predicted octanol–water partition coefficient (Wildman–Crippen LogP) is 3.72. The fraction of sp³-hybridized carbons (Fsp3) is 0.412. The molecule has 0 aliphatic carbocycles. The van der Waals surface area contributed by atoms with Gasteiger partial charge in [0.1, 0.15) is 5.82 Å². The Hall–Kier alpha value is -1.23. The summed E-state index contributed by atoms with van der Waals surface area (Å²) in [6.45, 7) is 6.21. The third kappa shape index (κ3) is 3.34. The third-order valence-corrected chi connectivity index (χ3v) is 5.42. The summed E-state index contributed by atoms with van der Waals surface area (Å²) in [6.07, 6.45) is 1.18. The van der Waals surface area contributed by atoms with Gasteiger partial charge in [-0.15, -0.1) is 11.3 Å². The Morgan fingerprint density at radius 3 is 2.67 bits per heavy atom. The van der Waals surface area contributed by atoms with Gasteiger partial charge < -0.3 is 5.73 Å². The summed E-state index contributed by atoms with van der Waals surface area (Å²) in [6, 6.07) is 11.0. The van der Waals surface area contributed by atoms with Crippen LogP contribution in [0.1, 0.15) is 18.2 Å². The van der Waals surface area contributed by atoms with Crippen molar-refractivity contribution in [2.24, 2.45) is 11.1 Å². The van der Waals surface area contributed by atoms with Crippen LogP contribution in [0, 0.1) is 11.2 Å². The summed E-state index contributed by atoms with van der Waals surface area (Å²) in [5, 5.41) is 0. The van der Waals surface area contributed by atoms with Crippen LogP contribution < -0.4 is 5.73 Å². The molecule has 1 atom stereocenters. The van der Waals surface area contributed by atoms with E-state index >= 15 is 0 Å². The smallest absolute Gasteiger partial charge is 0.123 e. The average Bonchev–Trinajstić information content (AvgIpc) is 3.08. The monoisotopic (exact) mass is 304 g/mol. The van der Waals surface area contributed by atoms with E-state index in [2.05, 4.69) is 24.0 Å². The van der Waals surface area contributed by atoms with E-state index in [1.165, 1.54) is 28.3 Å². The molecule has 1 aromatic carbocycles. The number of nitrogens with zero attached hydrogens (tertiary/aromatic N) is 1. The number of hydrogen-bond acceptors (Lipinski definition) is 3. The van der Waals surface area contributed by atoms with Gasteiger partial charge >= 0.3 is 0 Å². The lowest BCUT2D eigenvalue weighted by Gasteiger charge is -2.22. The van der Waals surface area contributed by atoms with Crippen molar-refractivity contribution in [2.45, 2.75) is 19.9 Å². The van der Waals surface area contributed by atoms with Crippen molar-refractivity contribution in [3.8, 4) is 10.4 Å². The van der Waals surface area contributed by atoms with Gasteiger partial charge in [0.2, 0.25) is 0 Å². The number of halogens is 1. The lowest BCUT2D eigenvalue weighted by Crippen LogP contribution is -2.30. The molecule has 1 aliphatic heterocycles. The van der Waals surface area contributed by atoms with Crippen LogP contribution in [-0.4, -0.2) is 24.5 Å². The van der Waals surface area contributed by atoms with Gasteiger partial charge in [0.15, 0.2) is 0 Å². The molecule has 1 aliphatic rings. The molecular formula is C17H21FN2S. The van der Waals surface area contributed by atoms with Gasteiger partial charge in [-0.3, -0.25) is 4.90 Å². The lowest BCUT2D eigenvalue weighted by atomic mass is 9.90. The van der Waals surface area contributed by atoms with Gasteiger partial charge in [-0.25, -0.2) is 4.39 Å². The van der Waals surface area contributed by atoms with Gasteiger partial charge in [-0.05, 0) is 54.8 Å². The topological polar surface area (TPSA) is 29.3 Å². The highest BCUT2D eigenvalue weighted by atomic mass is 32.1. The summed E-state index contributed by atoms with van der Waals surface area (Å²) >= 11 is 1.79. The second kappa shape index (κ2) is 5.87. The largest absolute Gasteiger partial charge is 0.330 e. The molecule has 0 bridgehead atoms. The maximum absolute atomic E-state index is 13.0. The Balaban J connectivity index is 1.67. The van der Waals surface area contributed by atoms with Crippen molar-refractivity contribution in [3.05, 3.63) is 47.1 Å². The molecule has 0 amide bonds. The third-order valence-electron chi connectivity index (χ3n) is 4.30. The number of rotatable bonds is 4. The zero-order valence-corrected chi connectivity index (χ0v) is 13.1. The maximum atomic E-state index is 13.0. The summed E-state index contributed by atoms with van der Waals surface area (Å²) in [7, 11) is 0. The molecule has 2 aromatic rings. The molecule has 2 heterocycles. The first-order chi connectivity index (χ1) is 10.1. The van der Waals surface area contributed by atoms with Gasteiger partial charge in [0, 0.05) is 22.8 Å². The van der Waals surface area contributed by atoms with E-state index in [-0.39, 0.29) is 11.2 Å². The van der Waals surface area contributed by atoms with Gasteiger partial charge in [0.25, 0.3) is 0 Å². The first-order valence-corrected chi connectivity index (χ1v) is 8.17. The van der Waals surface area contributed by atoms with Crippen molar-refractivity contribution >= 4 is 11.3 Å². The summed E-state index contributed by atoms with van der Waals surface area (Å²) in [4.78, 5) is 5.04. The number of hydrogen-bond donors (Lipinski definition) is 1. The Kier molecular flexibility index (Phi) is 4.11. The Morgan fingerprint density at radius 1 is 1.24 bits per heavy atom. The highest BCUT2D eigenvalue weighted by Crippen LogP contribution is 2.33. The van der Waals surface area contributed by atoms with E-state index in [4.69, 9.17) is 5.73 Å². The fourth-order valence-corrected chi connectivity index (χ4v) is 3.94. The van der Waals surface area contributed by atoms with Crippen LogP contribution in [0.2, 0.25) is 0 Å². The standard InChI is InChI=1S/C17H21FN2S/c1-17(11-19)8-9-20(12-17)10-15-6-7-16(21-15)13-2-4-14(18)5-3-13/h2-7H,8-12,19H2,1H3. The molecule has 3 rings (SSSR count). The second-order valence-electron chi connectivity index (χ2n) is 6.25. The summed E-state index contributed by atoms with van der Waals surface area (Å²) in [5.74, 6) is -0.186. The zero-order chi connectivity index (χ0) is 14.9. The molecule has 0 spiro atoms. The molecule has 0 radical (unpaired) electrons. The second-order valence-corrected chi connectivity index (χ2v) is 7.42. The lowest BCUT2D eigenvalue weighted by molar-refractivity contribution is 0.276. The van der Waals surface area contributed by atoms with Crippen LogP contribution in [-0.2, 0) is 6.54 Å². The van der Waals surface area contributed by atoms with Crippen molar-refractivity contribution in [3.63, 3.8) is 0 Å². The van der Waals surface area contributed by atoms with E-state index < -0.39 is 0 Å². The van der Waals surface area contributed by atoms with Crippen LogP contribution in [0.5, 0.6) is 0 Å². The van der Waals surface area contributed by atoms with Gasteiger partial charge in [-0.2, -0.15) is 0 Å². The SMILES string of the molecule is CC1(CN)CCN(Cc2ccc(-c3ccc(F)cc3)s2)C1. The Bertz CT molecular complexity index is 608. The number of nitrogens with two attached hydrogens (primary N) is 1. The van der Waals surface area contributed by atoms with Crippen molar-refractivity contribution in [2.75, 3.05) is 19.6 Å². The van der Waals surface area contributed by atoms with Gasteiger partial charge in [-0.1, -0.05) is 19.1 Å². The number of benzene rings is 1. The van der Waals surface area contributed by atoms with E-state index in [1.54, 1.807) is 11.3 Å². The molecule has 21 heavy (non-hydrogen) atoms. The van der Waals surface area contributed by atoms with E-state index in [0.717, 1.165) is 31.7 Å². The molecule has 1 saturated heterocycles. The van der Waals surface area contributed by atoms with Crippen LogP contribution in [0.25, 0.3) is 10.4 Å². The Morgan fingerprint density at radius 2 is 2.00 bits per heavy atom. The molecule has 4 heteroatoms. The van der Waals surface area contributed by atoms with Crippen molar-refractivity contribution in [1.29, 1.82) is 0 Å². The first kappa shape index (κ1) is 14.7. The number of likely N-dealkylation sites (tertiary alicyclic amines) is 1. The normalized spacial score (nSPS) is 22.8. The van der Waals surface area contributed by atoms with E-state index in [9.17, 15) is 4.39 Å². The molecule has 1 aromatic heterocycles. The summed E-state index contributed by atoms with van der Waals surface area (Å²) < 4.78 is 13.0. The number of thiophene rings is 1. The quantitative estimate of drug-likeness (QED) is 0.932. The molecule has 2 N–H and O–H groups in total. The van der Waals surface area contributed by atoms with E-state index in [1.807, 2.05) is 12.1 Å². The first-order valence-electron chi connectivity index (χ1n) is 7.35. The average molecular weight is 304 g/mol. The molecule has 1 fully saturated rings. The molecule has 1 unspecified atom stereocenters. The molecule has 2 nitrogen and oxygen atoms in total. The highest BCUT2D eigenvalue weighted by Gasteiger charge is 2.32. The summed E-state index contributed by atoms with van der Waals surface area (Å²) in [5.41, 5.74) is 7.22. The maximum Gasteiger partial charge on any atom is 0.123 e. The minimum Gasteiger partial charge on any atom is -0.330 e. The van der Waals surface area contributed by atoms with Crippen LogP contribution >= 0.6 is 11.3 Å². The highest BCUT2D eigenvalue weighted by molar-refractivity contribution is 7.15. The van der Waals surface area contributed by atoms with Crippen LogP contribution in [0.15, 0.2) is 36.4 Å². The predicted molar refractivity (Wildman–Crippen MR) is 86.8 cm³/mol. The van der Waals surface area contributed by atoms with Crippen molar-refractivity contribution < 1.29 is 4.39 Å². The minimum absolute atomic E-state index is 0.186. The molecule has 0 saturated carbocycles. The van der Waals surface area contributed by atoms with E-state index in [0.29, 0.717) is 0 Å². The van der Waals surface area contributed by atoms with Crippen LogP contribution in [0.4, 0.5) is 4.39 Å². The molecule has 112 valence electrons. The minimum atomic E-state index is -0.186. The fourth-order valence-electron chi connectivity index (χ4n) is 2.88. The zero-order valence-electron chi connectivity index (χ0n) is 12.3. The molecular weight excluding hydrogens is 283 g/mol. The Labute approximate surface area is 129 Å². The van der Waals surface area contributed by atoms with Crippen LogP contribution in [0.3, 0.4) is 0 Å².